The molecular weight excluding hydrogens is 346 g/mol. The van der Waals surface area contributed by atoms with Crippen LogP contribution in [0.4, 0.5) is 5.69 Å². The van der Waals surface area contributed by atoms with Gasteiger partial charge in [-0.3, -0.25) is 9.48 Å². The Hall–Kier alpha value is -2.10. The van der Waals surface area contributed by atoms with Gasteiger partial charge in [0.2, 0.25) is 5.91 Å². The number of rotatable bonds is 4. The van der Waals surface area contributed by atoms with E-state index >= 15 is 0 Å². The number of benzene rings is 1. The highest BCUT2D eigenvalue weighted by Gasteiger charge is 2.32. The number of carbonyl (C=O) groups excluding carboxylic acids is 1. The molecule has 1 heterocycles. The molecule has 0 spiro atoms. The van der Waals surface area contributed by atoms with Crippen molar-refractivity contribution in [2.75, 3.05) is 5.32 Å². The summed E-state index contributed by atoms with van der Waals surface area (Å²) in [7, 11) is 0. The fourth-order valence-electron chi connectivity index (χ4n) is 4.43. The Balaban J connectivity index is 1.67. The molecule has 0 radical (unpaired) electrons. The summed E-state index contributed by atoms with van der Waals surface area (Å²) in [4.78, 5) is 12.9. The number of carbonyl (C=O) groups is 1. The lowest BCUT2D eigenvalue weighted by Gasteiger charge is -2.36. The van der Waals surface area contributed by atoms with Crippen LogP contribution < -0.4 is 5.32 Å². The van der Waals surface area contributed by atoms with E-state index in [1.54, 1.807) is 0 Å². The Kier molecular flexibility index (Phi) is 5.97. The SMILES string of the molecule is Cc1ccccc1Cn1nc(C)c(NC(=O)C2CCC(C(C)(C)C)CC2)c1C. The fraction of sp³-hybridized carbons (Fsp3) is 0.583. The van der Waals surface area contributed by atoms with Crippen LogP contribution in [0.1, 0.15) is 69.0 Å². The number of aryl methyl sites for hydroxylation is 2. The zero-order valence-corrected chi connectivity index (χ0v) is 18.3. The molecule has 0 unspecified atom stereocenters. The third kappa shape index (κ3) is 4.48. The van der Waals surface area contributed by atoms with Crippen LogP contribution >= 0.6 is 0 Å². The average Bonchev–Trinajstić information content (AvgIpc) is 2.90. The van der Waals surface area contributed by atoms with Gasteiger partial charge < -0.3 is 5.32 Å². The van der Waals surface area contributed by atoms with E-state index in [1.807, 2.05) is 18.5 Å². The van der Waals surface area contributed by atoms with Gasteiger partial charge in [0.25, 0.3) is 0 Å². The number of aromatic nitrogens is 2. The summed E-state index contributed by atoms with van der Waals surface area (Å²) in [6.07, 6.45) is 4.27. The number of nitrogens with one attached hydrogen (secondary N) is 1. The van der Waals surface area contributed by atoms with E-state index in [-0.39, 0.29) is 11.8 Å². The second-order valence-electron chi connectivity index (χ2n) is 9.53. The second-order valence-corrected chi connectivity index (χ2v) is 9.53. The molecule has 152 valence electrons. The Morgan fingerprint density at radius 3 is 2.36 bits per heavy atom. The molecule has 1 N–H and O–H groups in total. The maximum absolute atomic E-state index is 12.9. The van der Waals surface area contributed by atoms with Gasteiger partial charge in [0.1, 0.15) is 0 Å². The largest absolute Gasteiger partial charge is 0.323 e. The number of anilines is 1. The molecule has 0 bridgehead atoms. The molecule has 28 heavy (non-hydrogen) atoms. The number of hydrogen-bond donors (Lipinski definition) is 1. The van der Waals surface area contributed by atoms with Crippen LogP contribution in [0.2, 0.25) is 0 Å². The van der Waals surface area contributed by atoms with Crippen molar-refractivity contribution in [1.29, 1.82) is 0 Å². The summed E-state index contributed by atoms with van der Waals surface area (Å²) in [5.41, 5.74) is 5.66. The summed E-state index contributed by atoms with van der Waals surface area (Å²) in [5, 5.41) is 7.89. The summed E-state index contributed by atoms with van der Waals surface area (Å²) >= 11 is 0. The molecule has 1 amide bonds. The number of amides is 1. The van der Waals surface area contributed by atoms with Gasteiger partial charge in [-0.25, -0.2) is 0 Å². The van der Waals surface area contributed by atoms with Crippen LogP contribution in [0.3, 0.4) is 0 Å². The van der Waals surface area contributed by atoms with Crippen molar-refractivity contribution in [3.8, 4) is 0 Å². The van der Waals surface area contributed by atoms with E-state index in [9.17, 15) is 4.79 Å². The first-order valence-corrected chi connectivity index (χ1v) is 10.6. The first kappa shape index (κ1) is 20.6. The van der Waals surface area contributed by atoms with Crippen LogP contribution in [-0.4, -0.2) is 15.7 Å². The predicted octanol–water partition coefficient (Wildman–Crippen LogP) is 5.65. The molecule has 1 saturated carbocycles. The molecule has 1 aliphatic rings. The van der Waals surface area contributed by atoms with Crippen LogP contribution in [-0.2, 0) is 11.3 Å². The molecule has 1 aliphatic carbocycles. The molecule has 4 nitrogen and oxygen atoms in total. The lowest BCUT2D eigenvalue weighted by atomic mass is 9.69. The van der Waals surface area contributed by atoms with E-state index < -0.39 is 0 Å². The molecule has 2 aromatic rings. The van der Waals surface area contributed by atoms with Crippen molar-refractivity contribution in [1.82, 2.24) is 9.78 Å². The maximum Gasteiger partial charge on any atom is 0.227 e. The summed E-state index contributed by atoms with van der Waals surface area (Å²) < 4.78 is 2.00. The van der Waals surface area contributed by atoms with Crippen molar-refractivity contribution in [3.63, 3.8) is 0 Å². The molecule has 1 aromatic carbocycles. The fourth-order valence-corrected chi connectivity index (χ4v) is 4.43. The molecule has 0 saturated heterocycles. The Morgan fingerprint density at radius 2 is 1.75 bits per heavy atom. The highest BCUT2D eigenvalue weighted by Crippen LogP contribution is 2.40. The Labute approximate surface area is 169 Å². The van der Waals surface area contributed by atoms with Crippen molar-refractivity contribution in [2.45, 2.75) is 73.8 Å². The van der Waals surface area contributed by atoms with Crippen LogP contribution in [0.25, 0.3) is 0 Å². The van der Waals surface area contributed by atoms with Crippen molar-refractivity contribution in [2.24, 2.45) is 17.3 Å². The third-order valence-corrected chi connectivity index (χ3v) is 6.53. The van der Waals surface area contributed by atoms with E-state index in [1.165, 1.54) is 11.1 Å². The smallest absolute Gasteiger partial charge is 0.227 e. The van der Waals surface area contributed by atoms with Gasteiger partial charge in [0.15, 0.2) is 0 Å². The molecule has 3 rings (SSSR count). The zero-order valence-electron chi connectivity index (χ0n) is 18.3. The first-order valence-electron chi connectivity index (χ1n) is 10.6. The molecule has 4 heteroatoms. The van der Waals surface area contributed by atoms with Crippen molar-refractivity contribution < 1.29 is 4.79 Å². The quantitative estimate of drug-likeness (QED) is 0.744. The summed E-state index contributed by atoms with van der Waals surface area (Å²) in [6.45, 7) is 13.8. The minimum Gasteiger partial charge on any atom is -0.323 e. The van der Waals surface area contributed by atoms with Gasteiger partial charge in [0.05, 0.1) is 23.6 Å². The highest BCUT2D eigenvalue weighted by molar-refractivity contribution is 5.93. The topological polar surface area (TPSA) is 46.9 Å². The number of nitrogens with zero attached hydrogens (tertiary/aromatic N) is 2. The first-order chi connectivity index (χ1) is 13.2. The molecule has 0 atom stereocenters. The third-order valence-electron chi connectivity index (χ3n) is 6.53. The van der Waals surface area contributed by atoms with Gasteiger partial charge >= 0.3 is 0 Å². The molecule has 0 aliphatic heterocycles. The summed E-state index contributed by atoms with van der Waals surface area (Å²) in [6, 6.07) is 8.38. The van der Waals surface area contributed by atoms with Crippen LogP contribution in [0.5, 0.6) is 0 Å². The van der Waals surface area contributed by atoms with E-state index in [0.717, 1.165) is 55.2 Å². The highest BCUT2D eigenvalue weighted by atomic mass is 16.1. The van der Waals surface area contributed by atoms with Gasteiger partial charge in [-0.2, -0.15) is 5.10 Å². The van der Waals surface area contributed by atoms with E-state index in [4.69, 9.17) is 5.10 Å². The Morgan fingerprint density at radius 1 is 1.11 bits per heavy atom. The van der Waals surface area contributed by atoms with Crippen molar-refractivity contribution >= 4 is 11.6 Å². The monoisotopic (exact) mass is 381 g/mol. The van der Waals surface area contributed by atoms with Gasteiger partial charge in [-0.05, 0) is 68.9 Å². The second kappa shape index (κ2) is 8.10. The zero-order chi connectivity index (χ0) is 20.5. The predicted molar refractivity (Wildman–Crippen MR) is 116 cm³/mol. The minimum absolute atomic E-state index is 0.122. The Bertz CT molecular complexity index is 836. The van der Waals surface area contributed by atoms with Gasteiger partial charge in [-0.15, -0.1) is 0 Å². The lowest BCUT2D eigenvalue weighted by molar-refractivity contribution is -0.121. The molecule has 1 aromatic heterocycles. The van der Waals surface area contributed by atoms with Gasteiger partial charge in [-0.1, -0.05) is 45.0 Å². The lowest BCUT2D eigenvalue weighted by Crippen LogP contribution is -2.31. The van der Waals surface area contributed by atoms with Crippen LogP contribution in [0, 0.1) is 38.0 Å². The maximum atomic E-state index is 12.9. The van der Waals surface area contributed by atoms with E-state index in [2.05, 4.69) is 57.3 Å². The van der Waals surface area contributed by atoms with E-state index in [0.29, 0.717) is 5.41 Å². The van der Waals surface area contributed by atoms with Crippen molar-refractivity contribution in [3.05, 3.63) is 46.8 Å². The number of hydrogen-bond acceptors (Lipinski definition) is 2. The minimum atomic E-state index is 0.122. The average molecular weight is 382 g/mol. The molecular formula is C24H35N3O. The molecule has 1 fully saturated rings. The standard InChI is InChI=1S/C24H35N3O/c1-16-9-7-8-10-20(16)15-27-18(3)22(17(2)26-27)25-23(28)19-11-13-21(14-12-19)24(4,5)6/h7-10,19,21H,11-15H2,1-6H3,(H,25,28). The normalized spacial score (nSPS) is 20.2. The van der Waals surface area contributed by atoms with Gasteiger partial charge in [0, 0.05) is 5.92 Å². The summed E-state index contributed by atoms with van der Waals surface area (Å²) in [5.74, 6) is 1.00. The van der Waals surface area contributed by atoms with Crippen LogP contribution in [0.15, 0.2) is 24.3 Å².